The molecule has 1 N–H and O–H groups in total. The van der Waals surface area contributed by atoms with Gasteiger partial charge in [0.1, 0.15) is 11.2 Å². The van der Waals surface area contributed by atoms with Crippen LogP contribution in [0.1, 0.15) is 6.92 Å². The van der Waals surface area contributed by atoms with E-state index in [2.05, 4.69) is 4.98 Å². The second-order valence-electron chi connectivity index (χ2n) is 3.89. The van der Waals surface area contributed by atoms with Crippen LogP contribution in [-0.2, 0) is 11.3 Å². The average Bonchev–Trinajstić information content (AvgIpc) is 2.82. The number of rotatable bonds is 3. The van der Waals surface area contributed by atoms with Crippen LogP contribution in [0.4, 0.5) is 0 Å². The molecule has 0 saturated heterocycles. The summed E-state index contributed by atoms with van der Waals surface area (Å²) >= 11 is 1.25. The summed E-state index contributed by atoms with van der Waals surface area (Å²) in [5.41, 5.74) is -0.451. The number of carbonyl (C=O) groups excluding carboxylic acids is 1. The van der Waals surface area contributed by atoms with E-state index >= 15 is 0 Å². The number of hydrogen-bond acceptors (Lipinski definition) is 4. The zero-order chi connectivity index (χ0) is 13.3. The summed E-state index contributed by atoms with van der Waals surface area (Å²) in [6, 6.07) is 1.68. The Balaban J connectivity index is 2.51. The lowest BCUT2D eigenvalue weighted by atomic mass is 10.4. The van der Waals surface area contributed by atoms with E-state index in [1.807, 2.05) is 6.92 Å². The zero-order valence-electron chi connectivity index (χ0n) is 10.1. The molecule has 0 fully saturated rings. The highest BCUT2D eigenvalue weighted by atomic mass is 32.1. The van der Waals surface area contributed by atoms with E-state index in [-0.39, 0.29) is 12.5 Å². The van der Waals surface area contributed by atoms with Crippen LogP contribution in [0.3, 0.4) is 0 Å². The molecule has 0 radical (unpaired) electrons. The van der Waals surface area contributed by atoms with Crippen molar-refractivity contribution in [3.8, 4) is 0 Å². The summed E-state index contributed by atoms with van der Waals surface area (Å²) in [7, 11) is 1.67. The first-order valence-corrected chi connectivity index (χ1v) is 6.37. The van der Waals surface area contributed by atoms with Gasteiger partial charge in [-0.2, -0.15) is 0 Å². The lowest BCUT2D eigenvalue weighted by Gasteiger charge is -2.15. The highest BCUT2D eigenvalue weighted by molar-refractivity contribution is 7.17. The number of carbonyl (C=O) groups is 1. The fourth-order valence-corrected chi connectivity index (χ4v) is 2.40. The van der Waals surface area contributed by atoms with Crippen molar-refractivity contribution >= 4 is 27.5 Å². The average molecular weight is 267 g/mol. The van der Waals surface area contributed by atoms with Gasteiger partial charge in [0.2, 0.25) is 5.91 Å². The Labute approximate surface area is 106 Å². The predicted octanol–water partition coefficient (Wildman–Crippen LogP) is 0.230. The number of H-pyrrole nitrogens is 1. The molecule has 6 nitrogen and oxygen atoms in total. The highest BCUT2D eigenvalue weighted by Gasteiger charge is 2.13. The number of likely N-dealkylation sites (N-methyl/N-ethyl adjacent to an activating group) is 1. The molecule has 2 rings (SSSR count). The van der Waals surface area contributed by atoms with Gasteiger partial charge in [-0.3, -0.25) is 19.1 Å². The Hall–Kier alpha value is -1.89. The van der Waals surface area contributed by atoms with Crippen molar-refractivity contribution in [1.82, 2.24) is 14.5 Å². The zero-order valence-corrected chi connectivity index (χ0v) is 10.9. The molecular weight excluding hydrogens is 254 g/mol. The number of nitrogens with zero attached hydrogens (tertiary/aromatic N) is 2. The largest absolute Gasteiger partial charge is 0.344 e. The van der Waals surface area contributed by atoms with E-state index in [1.165, 1.54) is 20.8 Å². The molecule has 0 aliphatic heterocycles. The molecule has 2 heterocycles. The molecule has 2 aromatic heterocycles. The van der Waals surface area contributed by atoms with Crippen molar-refractivity contribution < 1.29 is 4.79 Å². The third-order valence-electron chi connectivity index (χ3n) is 2.80. The summed E-state index contributed by atoms with van der Waals surface area (Å²) in [6.45, 7) is 2.37. The van der Waals surface area contributed by atoms with Crippen LogP contribution in [0.2, 0.25) is 0 Å². The van der Waals surface area contributed by atoms with Crippen molar-refractivity contribution in [2.75, 3.05) is 13.6 Å². The second-order valence-corrected chi connectivity index (χ2v) is 4.80. The Morgan fingerprint density at radius 1 is 1.50 bits per heavy atom. The van der Waals surface area contributed by atoms with Crippen molar-refractivity contribution in [2.24, 2.45) is 0 Å². The first-order chi connectivity index (χ1) is 8.54. The normalized spacial score (nSPS) is 10.8. The second kappa shape index (κ2) is 4.77. The van der Waals surface area contributed by atoms with Crippen molar-refractivity contribution in [3.63, 3.8) is 0 Å². The van der Waals surface area contributed by atoms with Gasteiger partial charge in [-0.15, -0.1) is 11.3 Å². The first-order valence-electron chi connectivity index (χ1n) is 5.49. The molecule has 0 atom stereocenters. The van der Waals surface area contributed by atoms with Crippen molar-refractivity contribution in [1.29, 1.82) is 0 Å². The summed E-state index contributed by atoms with van der Waals surface area (Å²) in [4.78, 5) is 38.8. The number of aromatic nitrogens is 2. The van der Waals surface area contributed by atoms with E-state index in [4.69, 9.17) is 0 Å². The maximum atomic E-state index is 11.8. The minimum atomic E-state index is -0.552. The molecule has 0 aromatic carbocycles. The maximum Gasteiger partial charge on any atom is 0.329 e. The van der Waals surface area contributed by atoms with Crippen LogP contribution in [-0.4, -0.2) is 34.0 Å². The number of amides is 1. The minimum Gasteiger partial charge on any atom is -0.344 e. The summed E-state index contributed by atoms with van der Waals surface area (Å²) in [5.74, 6) is -0.167. The van der Waals surface area contributed by atoms with Crippen LogP contribution >= 0.6 is 11.3 Å². The summed E-state index contributed by atoms with van der Waals surface area (Å²) in [6.07, 6.45) is 0. The number of nitrogens with one attached hydrogen (secondary N) is 1. The van der Waals surface area contributed by atoms with Gasteiger partial charge in [0.25, 0.3) is 5.56 Å². The van der Waals surface area contributed by atoms with Crippen LogP contribution < -0.4 is 11.2 Å². The molecule has 0 aliphatic carbocycles. The molecular formula is C11H13N3O3S. The number of thiophene rings is 1. The van der Waals surface area contributed by atoms with Gasteiger partial charge in [0.15, 0.2) is 0 Å². The maximum absolute atomic E-state index is 11.8. The van der Waals surface area contributed by atoms with Gasteiger partial charge in [0.05, 0.1) is 5.52 Å². The standard InChI is InChI=1S/C11H13N3O3S/c1-3-13(2)8(15)6-14-7-4-5-18-9(7)10(16)12-11(14)17/h4-5H,3,6H2,1-2H3,(H,12,16,17). The number of fused-ring (bicyclic) bond motifs is 1. The number of aromatic amines is 1. The van der Waals surface area contributed by atoms with Gasteiger partial charge in [-0.1, -0.05) is 0 Å². The molecule has 0 aliphatic rings. The summed E-state index contributed by atoms with van der Waals surface area (Å²) < 4.78 is 1.75. The molecule has 0 bridgehead atoms. The lowest BCUT2D eigenvalue weighted by molar-refractivity contribution is -0.130. The van der Waals surface area contributed by atoms with E-state index in [0.29, 0.717) is 16.8 Å². The van der Waals surface area contributed by atoms with E-state index in [9.17, 15) is 14.4 Å². The van der Waals surface area contributed by atoms with E-state index in [1.54, 1.807) is 18.5 Å². The van der Waals surface area contributed by atoms with Gasteiger partial charge in [0, 0.05) is 13.6 Å². The van der Waals surface area contributed by atoms with Crippen LogP contribution in [0, 0.1) is 0 Å². The molecule has 96 valence electrons. The Morgan fingerprint density at radius 2 is 2.22 bits per heavy atom. The Bertz CT molecular complexity index is 697. The topological polar surface area (TPSA) is 75.2 Å². The fraction of sp³-hybridized carbons (Fsp3) is 0.364. The first kappa shape index (κ1) is 12.6. The molecule has 2 aromatic rings. The number of hydrogen-bond donors (Lipinski definition) is 1. The van der Waals surface area contributed by atoms with Crippen molar-refractivity contribution in [2.45, 2.75) is 13.5 Å². The van der Waals surface area contributed by atoms with Gasteiger partial charge in [-0.05, 0) is 18.4 Å². The molecule has 0 saturated carbocycles. The molecule has 0 unspecified atom stereocenters. The molecule has 0 spiro atoms. The van der Waals surface area contributed by atoms with Gasteiger partial charge < -0.3 is 4.90 Å². The van der Waals surface area contributed by atoms with Crippen LogP contribution in [0.15, 0.2) is 21.0 Å². The highest BCUT2D eigenvalue weighted by Crippen LogP contribution is 2.14. The predicted molar refractivity (Wildman–Crippen MR) is 70.0 cm³/mol. The van der Waals surface area contributed by atoms with Crippen molar-refractivity contribution in [3.05, 3.63) is 32.3 Å². The summed E-state index contributed by atoms with van der Waals surface area (Å²) in [5, 5.41) is 1.73. The van der Waals surface area contributed by atoms with Gasteiger partial charge >= 0.3 is 5.69 Å². The van der Waals surface area contributed by atoms with Gasteiger partial charge in [-0.25, -0.2) is 4.79 Å². The lowest BCUT2D eigenvalue weighted by Crippen LogP contribution is -2.36. The third-order valence-corrected chi connectivity index (χ3v) is 3.70. The molecule has 7 heteroatoms. The third kappa shape index (κ3) is 2.08. The smallest absolute Gasteiger partial charge is 0.329 e. The van der Waals surface area contributed by atoms with E-state index < -0.39 is 11.2 Å². The van der Waals surface area contributed by atoms with Crippen LogP contribution in [0.5, 0.6) is 0 Å². The molecule has 1 amide bonds. The van der Waals surface area contributed by atoms with Crippen LogP contribution in [0.25, 0.3) is 10.2 Å². The Morgan fingerprint density at radius 3 is 2.89 bits per heavy atom. The SMILES string of the molecule is CCN(C)C(=O)Cn1c(=O)[nH]c(=O)c2sccc21. The quantitative estimate of drug-likeness (QED) is 0.865. The molecule has 18 heavy (non-hydrogen) atoms. The van der Waals surface area contributed by atoms with E-state index in [0.717, 1.165) is 0 Å². The Kier molecular flexibility index (Phi) is 3.33. The monoisotopic (exact) mass is 267 g/mol. The fourth-order valence-electron chi connectivity index (χ4n) is 1.61. The minimum absolute atomic E-state index is 0.0623.